The highest BCUT2D eigenvalue weighted by Crippen LogP contribution is 2.21. The van der Waals surface area contributed by atoms with Gasteiger partial charge in [-0.05, 0) is 83.1 Å². The van der Waals surface area contributed by atoms with Crippen molar-refractivity contribution in [3.8, 4) is 11.4 Å². The predicted molar refractivity (Wildman–Crippen MR) is 128 cm³/mol. The van der Waals surface area contributed by atoms with Gasteiger partial charge in [-0.2, -0.15) is 5.10 Å². The summed E-state index contributed by atoms with van der Waals surface area (Å²) in [5.41, 5.74) is 7.15. The highest BCUT2D eigenvalue weighted by atomic mass is 16.5. The number of nitrogens with zero attached hydrogens (tertiary/aromatic N) is 2. The molecule has 7 nitrogen and oxygen atoms in total. The minimum absolute atomic E-state index is 0.183. The van der Waals surface area contributed by atoms with Crippen LogP contribution >= 0.6 is 0 Å². The second-order valence-electron chi connectivity index (χ2n) is 7.82. The fraction of sp³-hybridized carbons (Fsp3) is 0.269. The van der Waals surface area contributed by atoms with Crippen molar-refractivity contribution in [3.05, 3.63) is 82.7 Å². The third-order valence-corrected chi connectivity index (χ3v) is 4.95. The van der Waals surface area contributed by atoms with Crippen LogP contribution in [-0.2, 0) is 4.74 Å². The number of ether oxygens (including phenoxy) is 2. The van der Waals surface area contributed by atoms with Gasteiger partial charge in [0.2, 0.25) is 0 Å². The predicted octanol–water partition coefficient (Wildman–Crippen LogP) is 4.82. The van der Waals surface area contributed by atoms with Crippen LogP contribution in [0.3, 0.4) is 0 Å². The van der Waals surface area contributed by atoms with Crippen molar-refractivity contribution < 1.29 is 19.1 Å². The summed E-state index contributed by atoms with van der Waals surface area (Å²) >= 11 is 0. The average Bonchev–Trinajstić information content (AvgIpc) is 3.07. The van der Waals surface area contributed by atoms with Gasteiger partial charge in [-0.3, -0.25) is 4.79 Å². The molecule has 1 heterocycles. The Labute approximate surface area is 194 Å². The molecule has 0 aliphatic carbocycles. The Morgan fingerprint density at radius 3 is 2.45 bits per heavy atom. The third kappa shape index (κ3) is 5.88. The fourth-order valence-corrected chi connectivity index (χ4v) is 3.46. The highest BCUT2D eigenvalue weighted by molar-refractivity contribution is 5.95. The zero-order valence-corrected chi connectivity index (χ0v) is 19.6. The average molecular weight is 448 g/mol. The molecule has 0 spiro atoms. The SMILES string of the molecule is CCOc1ccc(C(=O)N/N=C\c2cc(C)n(-c3cccc(C(=O)OC(C)C)c3)c2C)cc1. The second kappa shape index (κ2) is 10.6. The van der Waals surface area contributed by atoms with Crippen molar-refractivity contribution >= 4 is 18.1 Å². The lowest BCUT2D eigenvalue weighted by atomic mass is 10.2. The molecule has 0 saturated heterocycles. The number of carbonyl (C=O) groups is 2. The first-order chi connectivity index (χ1) is 15.8. The summed E-state index contributed by atoms with van der Waals surface area (Å²) in [6.45, 7) is 10.1. The van der Waals surface area contributed by atoms with E-state index in [4.69, 9.17) is 9.47 Å². The van der Waals surface area contributed by atoms with Crippen LogP contribution in [0.5, 0.6) is 5.75 Å². The quantitative estimate of drug-likeness (QED) is 0.305. The molecule has 0 radical (unpaired) electrons. The molecule has 0 atom stereocenters. The number of esters is 1. The van der Waals surface area contributed by atoms with Gasteiger partial charge in [0.15, 0.2) is 0 Å². The summed E-state index contributed by atoms with van der Waals surface area (Å²) in [6.07, 6.45) is 1.43. The van der Waals surface area contributed by atoms with Crippen LogP contribution in [0.4, 0.5) is 0 Å². The Kier molecular flexibility index (Phi) is 7.66. The fourth-order valence-electron chi connectivity index (χ4n) is 3.46. The lowest BCUT2D eigenvalue weighted by Crippen LogP contribution is -2.17. The van der Waals surface area contributed by atoms with Gasteiger partial charge in [0.25, 0.3) is 5.91 Å². The van der Waals surface area contributed by atoms with E-state index in [2.05, 4.69) is 10.5 Å². The van der Waals surface area contributed by atoms with Gasteiger partial charge in [-0.15, -0.1) is 0 Å². The van der Waals surface area contributed by atoms with Crippen LogP contribution in [0, 0.1) is 13.8 Å². The Morgan fingerprint density at radius 2 is 1.79 bits per heavy atom. The molecule has 0 bridgehead atoms. The third-order valence-electron chi connectivity index (χ3n) is 4.95. The van der Waals surface area contributed by atoms with E-state index in [0.29, 0.717) is 23.5 Å². The van der Waals surface area contributed by atoms with E-state index in [-0.39, 0.29) is 18.0 Å². The Bertz CT molecular complexity index is 1160. The zero-order valence-electron chi connectivity index (χ0n) is 19.6. The van der Waals surface area contributed by atoms with E-state index < -0.39 is 0 Å². The van der Waals surface area contributed by atoms with Gasteiger partial charge in [0.1, 0.15) is 5.75 Å². The molecule has 33 heavy (non-hydrogen) atoms. The van der Waals surface area contributed by atoms with Crippen LogP contribution in [0.2, 0.25) is 0 Å². The topological polar surface area (TPSA) is 81.9 Å². The number of rotatable bonds is 8. The van der Waals surface area contributed by atoms with E-state index in [1.807, 2.05) is 57.4 Å². The number of hydrogen-bond donors (Lipinski definition) is 1. The van der Waals surface area contributed by atoms with Crippen LogP contribution < -0.4 is 10.2 Å². The van der Waals surface area contributed by atoms with E-state index >= 15 is 0 Å². The molecule has 1 aromatic heterocycles. The van der Waals surface area contributed by atoms with Gasteiger partial charge in [-0.1, -0.05) is 6.07 Å². The minimum atomic E-state index is -0.354. The summed E-state index contributed by atoms with van der Waals surface area (Å²) in [5.74, 6) is 0.0547. The molecule has 3 rings (SSSR count). The first-order valence-corrected chi connectivity index (χ1v) is 10.9. The Morgan fingerprint density at radius 1 is 1.06 bits per heavy atom. The van der Waals surface area contributed by atoms with Crippen molar-refractivity contribution in [2.24, 2.45) is 5.10 Å². The van der Waals surface area contributed by atoms with Gasteiger partial charge in [0.05, 0.1) is 24.5 Å². The highest BCUT2D eigenvalue weighted by Gasteiger charge is 2.14. The normalized spacial score (nSPS) is 11.1. The lowest BCUT2D eigenvalue weighted by Gasteiger charge is -2.12. The number of benzene rings is 2. The number of hydrogen-bond acceptors (Lipinski definition) is 5. The maximum atomic E-state index is 12.3. The Hall–Kier alpha value is -3.87. The number of aryl methyl sites for hydroxylation is 1. The molecule has 0 saturated carbocycles. The van der Waals surface area contributed by atoms with Crippen LogP contribution in [0.1, 0.15) is 58.4 Å². The van der Waals surface area contributed by atoms with Crippen molar-refractivity contribution in [3.63, 3.8) is 0 Å². The number of nitrogens with one attached hydrogen (secondary N) is 1. The molecule has 0 aliphatic heterocycles. The molecule has 1 N–H and O–H groups in total. The summed E-state index contributed by atoms with van der Waals surface area (Å²) in [7, 11) is 0. The number of amides is 1. The molecule has 0 unspecified atom stereocenters. The summed E-state index contributed by atoms with van der Waals surface area (Å²) in [6, 6.07) is 16.2. The second-order valence-corrected chi connectivity index (χ2v) is 7.82. The molecule has 3 aromatic rings. The van der Waals surface area contributed by atoms with E-state index in [9.17, 15) is 9.59 Å². The molecule has 0 fully saturated rings. The van der Waals surface area contributed by atoms with Crippen LogP contribution in [0.15, 0.2) is 59.7 Å². The van der Waals surface area contributed by atoms with Crippen molar-refractivity contribution in [1.82, 2.24) is 9.99 Å². The van der Waals surface area contributed by atoms with Gasteiger partial charge < -0.3 is 14.0 Å². The van der Waals surface area contributed by atoms with Gasteiger partial charge in [0, 0.05) is 28.2 Å². The molecular weight excluding hydrogens is 418 g/mol. The zero-order chi connectivity index (χ0) is 24.0. The van der Waals surface area contributed by atoms with Crippen molar-refractivity contribution in [2.45, 2.75) is 40.7 Å². The first-order valence-electron chi connectivity index (χ1n) is 10.9. The number of carbonyl (C=O) groups excluding carboxylic acids is 2. The molecule has 2 aromatic carbocycles. The molecular formula is C26H29N3O4. The van der Waals surface area contributed by atoms with Crippen molar-refractivity contribution in [2.75, 3.05) is 6.61 Å². The molecule has 1 amide bonds. The maximum absolute atomic E-state index is 12.3. The molecule has 7 heteroatoms. The number of hydrazone groups is 1. The largest absolute Gasteiger partial charge is 0.494 e. The van der Waals surface area contributed by atoms with E-state index in [1.165, 1.54) is 0 Å². The number of aromatic nitrogens is 1. The minimum Gasteiger partial charge on any atom is -0.494 e. The van der Waals surface area contributed by atoms with Gasteiger partial charge in [-0.25, -0.2) is 10.2 Å². The smallest absolute Gasteiger partial charge is 0.338 e. The molecule has 172 valence electrons. The summed E-state index contributed by atoms with van der Waals surface area (Å²) in [5, 5.41) is 4.12. The van der Waals surface area contributed by atoms with Gasteiger partial charge >= 0.3 is 5.97 Å². The summed E-state index contributed by atoms with van der Waals surface area (Å²) < 4.78 is 12.7. The van der Waals surface area contributed by atoms with E-state index in [1.54, 1.807) is 42.6 Å². The van der Waals surface area contributed by atoms with Crippen molar-refractivity contribution in [1.29, 1.82) is 0 Å². The maximum Gasteiger partial charge on any atom is 0.338 e. The lowest BCUT2D eigenvalue weighted by molar-refractivity contribution is 0.0377. The first kappa shape index (κ1) is 23.8. The van der Waals surface area contributed by atoms with Crippen LogP contribution in [0.25, 0.3) is 5.69 Å². The Balaban J connectivity index is 1.75. The van der Waals surface area contributed by atoms with E-state index in [0.717, 1.165) is 22.6 Å². The molecule has 0 aliphatic rings. The monoisotopic (exact) mass is 447 g/mol. The van der Waals surface area contributed by atoms with Crippen LogP contribution in [-0.4, -0.2) is 35.4 Å². The standard InChI is InChI=1S/C26H29N3O4/c1-6-32-24-12-10-20(11-13-24)25(30)28-27-16-22-14-18(4)29(19(22)5)23-9-7-8-21(15-23)26(31)33-17(2)3/h7-17H,6H2,1-5H3,(H,28,30)/b27-16-. The summed E-state index contributed by atoms with van der Waals surface area (Å²) in [4.78, 5) is 24.6.